The molecule has 0 heterocycles. The summed E-state index contributed by atoms with van der Waals surface area (Å²) in [5.74, 6) is -2.33. The summed E-state index contributed by atoms with van der Waals surface area (Å²) >= 11 is 0. The fourth-order valence-electron chi connectivity index (χ4n) is 10.2. The molecule has 0 aromatic carbocycles. The summed E-state index contributed by atoms with van der Waals surface area (Å²) in [5, 5.41) is 10.7. The number of unbranched alkanes of at least 4 members (excludes halogenated alkanes) is 14. The summed E-state index contributed by atoms with van der Waals surface area (Å²) < 4.78 is 68.7. The first-order valence-electron chi connectivity index (χ1n) is 42.0. The highest BCUT2D eigenvalue weighted by molar-refractivity contribution is 7.47. The molecule has 0 fully saturated rings. The first-order valence-corrected chi connectivity index (χ1v) is 45.0. The second-order valence-electron chi connectivity index (χ2n) is 26.9. The van der Waals surface area contributed by atoms with Crippen LogP contribution in [0, 0.1) is 0 Å². The van der Waals surface area contributed by atoms with E-state index in [1.165, 1.54) is 0 Å². The number of phosphoric ester groups is 2. The lowest BCUT2D eigenvalue weighted by Gasteiger charge is -2.21. The molecule has 0 aliphatic rings. The summed E-state index contributed by atoms with van der Waals surface area (Å²) in [5.41, 5.74) is 0. The normalized spacial score (nSPS) is 14.9. The highest BCUT2D eigenvalue weighted by Gasteiger charge is 2.30. The lowest BCUT2D eigenvalue weighted by atomic mass is 10.1. The molecule has 0 aromatic heterocycles. The lowest BCUT2D eigenvalue weighted by molar-refractivity contribution is -0.161. The molecular formula is C93H146O17P2. The predicted octanol–water partition coefficient (Wildman–Crippen LogP) is 25.2. The number of hydrogen-bond donors (Lipinski definition) is 3. The van der Waals surface area contributed by atoms with E-state index in [2.05, 4.69) is 246 Å². The van der Waals surface area contributed by atoms with Crippen LogP contribution >= 0.6 is 15.6 Å². The molecule has 17 nitrogen and oxygen atoms in total. The maximum absolute atomic E-state index is 13.1. The van der Waals surface area contributed by atoms with Crippen molar-refractivity contribution >= 4 is 39.5 Å². The summed E-state index contributed by atoms with van der Waals surface area (Å²) in [7, 11) is -10.0. The van der Waals surface area contributed by atoms with Crippen LogP contribution in [0.3, 0.4) is 0 Å². The van der Waals surface area contributed by atoms with Crippen LogP contribution in [0.2, 0.25) is 0 Å². The molecule has 0 saturated carbocycles. The van der Waals surface area contributed by atoms with E-state index in [1.54, 1.807) is 0 Å². The van der Waals surface area contributed by atoms with Gasteiger partial charge >= 0.3 is 39.5 Å². The Hall–Kier alpha value is -6.62. The van der Waals surface area contributed by atoms with Crippen LogP contribution in [-0.4, -0.2) is 96.7 Å². The first-order chi connectivity index (χ1) is 54.7. The minimum absolute atomic E-state index is 0.0372. The second kappa shape index (κ2) is 82.4. The zero-order valence-corrected chi connectivity index (χ0v) is 70.8. The number of carbonyl (C=O) groups is 4. The van der Waals surface area contributed by atoms with Crippen LogP contribution in [0.5, 0.6) is 0 Å². The molecule has 0 aromatic rings. The van der Waals surface area contributed by atoms with Crippen LogP contribution in [0.25, 0.3) is 0 Å². The Balaban J connectivity index is 5.53. The van der Waals surface area contributed by atoms with Gasteiger partial charge in [0.25, 0.3) is 0 Å². The van der Waals surface area contributed by atoms with Crippen molar-refractivity contribution in [1.29, 1.82) is 0 Å². The standard InChI is InChI=1S/C93H146O17P2/c1-5-9-13-17-21-25-29-33-37-40-43-46-50-53-57-61-65-69-73-77-90(95)103-83-88(109-92(97)79-75-71-67-63-59-55-49-36-32-28-24-20-16-12-8-4)85-107-111(99,100)105-81-87(94)82-106-112(101,102)108-86-89(110-93(98)80-76-72-68-64-60-56-52-48-45-42-39-35-31-27-23-19-15-11-7-3)84-104-91(96)78-74-70-66-62-58-54-51-47-44-41-38-34-30-26-22-18-14-10-6-2/h9-16,21-28,33-39,43-49,53-54,56-58,60,87-89,94H,5-8,17-20,29-32,40-42,50-52,55,59,61-86H2,1-4H3,(H,99,100)(H,101,102)/b13-9-,14-10-,15-11-,16-12-,25-21-,26-22-,27-23-,28-24-,37-33-,38-34-,39-35-,46-43-,47-44-,48-45-,49-36-,57-53-,58-54-,60-56-. The minimum Gasteiger partial charge on any atom is -0.462 e. The third kappa shape index (κ3) is 81.4. The Bertz CT molecular complexity index is 2990. The Morgan fingerprint density at radius 1 is 0.250 bits per heavy atom. The molecule has 0 aliphatic carbocycles. The zero-order chi connectivity index (χ0) is 81.7. The molecule has 19 heteroatoms. The van der Waals surface area contributed by atoms with Crippen molar-refractivity contribution < 1.29 is 80.2 Å². The van der Waals surface area contributed by atoms with Gasteiger partial charge in [0, 0.05) is 25.7 Å². The number of allylic oxidation sites excluding steroid dienone is 36. The number of ether oxygens (including phenoxy) is 4. The highest BCUT2D eigenvalue weighted by atomic mass is 31.2. The van der Waals surface area contributed by atoms with Crippen molar-refractivity contribution in [3.8, 4) is 0 Å². The number of aliphatic hydroxyl groups excluding tert-OH is 1. The molecule has 5 unspecified atom stereocenters. The monoisotopic (exact) mass is 1600 g/mol. The van der Waals surface area contributed by atoms with E-state index >= 15 is 0 Å². The third-order valence-corrected chi connectivity index (χ3v) is 18.3. The van der Waals surface area contributed by atoms with E-state index < -0.39 is 97.5 Å². The Labute approximate surface area is 677 Å². The molecule has 0 aliphatic heterocycles. The molecule has 3 N–H and O–H groups in total. The quantitative estimate of drug-likeness (QED) is 0.0169. The predicted molar refractivity (Wildman–Crippen MR) is 463 cm³/mol. The van der Waals surface area contributed by atoms with Gasteiger partial charge in [0.05, 0.1) is 26.4 Å². The van der Waals surface area contributed by atoms with E-state index in [0.29, 0.717) is 25.7 Å². The first kappa shape index (κ1) is 105. The van der Waals surface area contributed by atoms with Crippen molar-refractivity contribution in [2.75, 3.05) is 39.6 Å². The number of hydrogen-bond acceptors (Lipinski definition) is 15. The SMILES string of the molecule is CC/C=C\C/C=C\C/C=C\C/C=C\C/C=C\CCCCCC(=O)OCC(COP(=O)(O)OCC(O)COP(=O)(O)OCC(COC(=O)CCCCC/C=C\C/C=C\C/C=C\C/C=C\C/C=C\CC)OC(=O)CCCCCCC/C=C\C/C=C\C/C=C\CC)OC(=O)CCCCC/C=C\C/C=C\C/C=C\C/C=C\C/C=C\CC. The summed E-state index contributed by atoms with van der Waals surface area (Å²) in [6.07, 6.45) is 105. The summed E-state index contributed by atoms with van der Waals surface area (Å²) in [4.78, 5) is 73.3. The van der Waals surface area contributed by atoms with E-state index in [0.717, 1.165) is 205 Å². The van der Waals surface area contributed by atoms with E-state index in [4.69, 9.17) is 37.0 Å². The van der Waals surface area contributed by atoms with Crippen LogP contribution in [0.15, 0.2) is 219 Å². The number of phosphoric acid groups is 2. The number of esters is 4. The number of rotatable bonds is 76. The Kier molecular flexibility index (Phi) is 77.5. The van der Waals surface area contributed by atoms with Gasteiger partial charge in [-0.2, -0.15) is 0 Å². The molecule has 0 bridgehead atoms. The van der Waals surface area contributed by atoms with Crippen molar-refractivity contribution in [3.05, 3.63) is 219 Å². The molecule has 0 rings (SSSR count). The van der Waals surface area contributed by atoms with Crippen molar-refractivity contribution in [2.24, 2.45) is 0 Å². The Morgan fingerprint density at radius 2 is 0.438 bits per heavy atom. The fourth-order valence-corrected chi connectivity index (χ4v) is 11.8. The maximum atomic E-state index is 13.1. The molecule has 630 valence electrons. The molecule has 0 saturated heterocycles. The number of carbonyl (C=O) groups excluding carboxylic acids is 4. The van der Waals surface area contributed by atoms with Gasteiger partial charge in [0.1, 0.15) is 19.3 Å². The minimum atomic E-state index is -5.02. The Morgan fingerprint density at radius 3 is 0.679 bits per heavy atom. The molecule has 5 atom stereocenters. The van der Waals surface area contributed by atoms with E-state index in [-0.39, 0.29) is 25.7 Å². The van der Waals surface area contributed by atoms with Gasteiger partial charge in [0.15, 0.2) is 12.2 Å². The van der Waals surface area contributed by atoms with Crippen LogP contribution in [0.4, 0.5) is 0 Å². The molecular weight excluding hydrogens is 1450 g/mol. The van der Waals surface area contributed by atoms with Gasteiger partial charge in [-0.05, 0) is 193 Å². The van der Waals surface area contributed by atoms with Crippen molar-refractivity contribution in [2.45, 2.75) is 303 Å². The third-order valence-electron chi connectivity index (χ3n) is 16.4. The van der Waals surface area contributed by atoms with Gasteiger partial charge in [0.2, 0.25) is 0 Å². The van der Waals surface area contributed by atoms with Crippen LogP contribution < -0.4 is 0 Å². The summed E-state index contributed by atoms with van der Waals surface area (Å²) in [6.45, 7) is 4.26. The highest BCUT2D eigenvalue weighted by Crippen LogP contribution is 2.45. The number of aliphatic hydroxyl groups is 1. The van der Waals surface area contributed by atoms with E-state index in [9.17, 15) is 43.2 Å². The average molecular weight is 1600 g/mol. The molecule has 0 radical (unpaired) electrons. The van der Waals surface area contributed by atoms with Gasteiger partial charge in [-0.1, -0.05) is 285 Å². The molecule has 0 spiro atoms. The van der Waals surface area contributed by atoms with Crippen LogP contribution in [0.1, 0.15) is 285 Å². The second-order valence-corrected chi connectivity index (χ2v) is 29.8. The smallest absolute Gasteiger partial charge is 0.462 e. The maximum Gasteiger partial charge on any atom is 0.472 e. The van der Waals surface area contributed by atoms with Crippen molar-refractivity contribution in [3.63, 3.8) is 0 Å². The van der Waals surface area contributed by atoms with Crippen molar-refractivity contribution in [1.82, 2.24) is 0 Å². The summed E-state index contributed by atoms with van der Waals surface area (Å²) in [6, 6.07) is 0. The topological polar surface area (TPSA) is 237 Å². The average Bonchev–Trinajstić information content (AvgIpc) is 0.898. The zero-order valence-electron chi connectivity index (χ0n) is 69.0. The van der Waals surface area contributed by atoms with Gasteiger partial charge in [-0.3, -0.25) is 37.3 Å². The van der Waals surface area contributed by atoms with Gasteiger partial charge in [-0.15, -0.1) is 0 Å². The van der Waals surface area contributed by atoms with Gasteiger partial charge in [-0.25, -0.2) is 9.13 Å². The largest absolute Gasteiger partial charge is 0.472 e. The fraction of sp³-hybridized carbons (Fsp3) is 0.570. The molecule has 112 heavy (non-hydrogen) atoms. The van der Waals surface area contributed by atoms with Gasteiger partial charge < -0.3 is 33.8 Å². The van der Waals surface area contributed by atoms with E-state index in [1.807, 2.05) is 0 Å². The molecule has 0 amide bonds. The lowest BCUT2D eigenvalue weighted by Crippen LogP contribution is -2.30. The van der Waals surface area contributed by atoms with Crippen LogP contribution in [-0.2, 0) is 65.4 Å².